The van der Waals surface area contributed by atoms with Gasteiger partial charge < -0.3 is 13.7 Å². The van der Waals surface area contributed by atoms with Crippen LogP contribution in [0.5, 0.6) is 0 Å². The predicted molar refractivity (Wildman–Crippen MR) is 237 cm³/mol. The second-order valence-electron chi connectivity index (χ2n) is 14.5. The van der Waals surface area contributed by atoms with Gasteiger partial charge in [0, 0.05) is 50.2 Å². The lowest BCUT2D eigenvalue weighted by atomic mass is 9.95. The van der Waals surface area contributed by atoms with E-state index in [-0.39, 0.29) is 0 Å². The van der Waals surface area contributed by atoms with E-state index in [1.807, 2.05) is 12.1 Å². The summed E-state index contributed by atoms with van der Waals surface area (Å²) in [7, 11) is 0. The molecular weight excluding hydrogens is 695 g/mol. The maximum atomic E-state index is 7.03. The van der Waals surface area contributed by atoms with Crippen LogP contribution in [0.25, 0.3) is 88.4 Å². The van der Waals surface area contributed by atoms with E-state index in [1.54, 1.807) is 0 Å². The molecule has 0 unspecified atom stereocenters. The first kappa shape index (κ1) is 32.8. The van der Waals surface area contributed by atoms with Crippen LogP contribution in [0.15, 0.2) is 221 Å². The quantitative estimate of drug-likeness (QED) is 0.164. The van der Waals surface area contributed by atoms with Crippen LogP contribution >= 0.6 is 0 Å². The number of hydrogen-bond acceptors (Lipinski definition) is 3. The van der Waals surface area contributed by atoms with Gasteiger partial charge in [0.1, 0.15) is 22.3 Å². The molecule has 11 rings (SSSR count). The van der Waals surface area contributed by atoms with Crippen LogP contribution in [0, 0.1) is 0 Å². The van der Waals surface area contributed by atoms with Crippen LogP contribution < -0.4 is 4.90 Å². The van der Waals surface area contributed by atoms with Crippen molar-refractivity contribution in [3.63, 3.8) is 0 Å². The van der Waals surface area contributed by atoms with Crippen molar-refractivity contribution < 1.29 is 8.83 Å². The second-order valence-corrected chi connectivity index (χ2v) is 14.5. The fraction of sp³-hybridized carbons (Fsp3) is 0. The smallest absolute Gasteiger partial charge is 0.144 e. The van der Waals surface area contributed by atoms with Gasteiger partial charge in [-0.1, -0.05) is 158 Å². The molecule has 0 fully saturated rings. The first-order chi connectivity index (χ1) is 28.2. The van der Waals surface area contributed by atoms with Crippen molar-refractivity contribution in [1.29, 1.82) is 0 Å². The number of fused-ring (bicyclic) bond motifs is 6. The first-order valence-corrected chi connectivity index (χ1v) is 19.3. The molecule has 2 heterocycles. The van der Waals surface area contributed by atoms with E-state index in [9.17, 15) is 0 Å². The highest BCUT2D eigenvalue weighted by Gasteiger charge is 2.22. The minimum absolute atomic E-state index is 0.813. The Morgan fingerprint density at radius 2 is 0.737 bits per heavy atom. The van der Waals surface area contributed by atoms with Gasteiger partial charge >= 0.3 is 0 Å². The van der Waals surface area contributed by atoms with Gasteiger partial charge in [-0.2, -0.15) is 0 Å². The summed E-state index contributed by atoms with van der Waals surface area (Å²) in [6, 6.07) is 74.9. The van der Waals surface area contributed by atoms with Gasteiger partial charge in [0.25, 0.3) is 0 Å². The van der Waals surface area contributed by atoms with E-state index in [1.165, 1.54) is 33.4 Å². The molecule has 0 saturated heterocycles. The van der Waals surface area contributed by atoms with Crippen LogP contribution in [0.3, 0.4) is 0 Å². The third kappa shape index (κ3) is 5.76. The number of hydrogen-bond donors (Lipinski definition) is 0. The molecular formula is C54H35NO2. The normalized spacial score (nSPS) is 11.5. The predicted octanol–water partition coefficient (Wildman–Crippen LogP) is 15.6. The molecule has 3 nitrogen and oxygen atoms in total. The molecule has 9 aromatic carbocycles. The Morgan fingerprint density at radius 3 is 1.30 bits per heavy atom. The average Bonchev–Trinajstić information content (AvgIpc) is 3.85. The van der Waals surface area contributed by atoms with Gasteiger partial charge in [-0.15, -0.1) is 0 Å². The summed E-state index contributed by atoms with van der Waals surface area (Å²) in [6.45, 7) is 0. The Hall–Kier alpha value is -7.62. The molecule has 0 atom stereocenters. The van der Waals surface area contributed by atoms with Crippen LogP contribution in [-0.2, 0) is 0 Å². The van der Waals surface area contributed by atoms with Crippen molar-refractivity contribution in [1.82, 2.24) is 0 Å². The highest BCUT2D eigenvalue weighted by atomic mass is 16.3. The second kappa shape index (κ2) is 13.6. The van der Waals surface area contributed by atoms with Crippen molar-refractivity contribution in [3.05, 3.63) is 212 Å². The van der Waals surface area contributed by atoms with Crippen LogP contribution in [0.2, 0.25) is 0 Å². The lowest BCUT2D eigenvalue weighted by Gasteiger charge is -2.26. The molecule has 0 aliphatic rings. The van der Waals surface area contributed by atoms with Crippen molar-refractivity contribution in [3.8, 4) is 44.5 Å². The van der Waals surface area contributed by atoms with E-state index in [4.69, 9.17) is 8.83 Å². The van der Waals surface area contributed by atoms with Crippen molar-refractivity contribution in [2.75, 3.05) is 4.90 Å². The average molecular weight is 730 g/mol. The summed E-state index contributed by atoms with van der Waals surface area (Å²) in [5, 5.41) is 4.19. The molecule has 0 bridgehead atoms. The fourth-order valence-corrected chi connectivity index (χ4v) is 8.29. The van der Waals surface area contributed by atoms with Gasteiger partial charge in [0.2, 0.25) is 0 Å². The third-order valence-corrected chi connectivity index (χ3v) is 11.1. The zero-order valence-electron chi connectivity index (χ0n) is 31.0. The molecule has 0 radical (unpaired) electrons. The van der Waals surface area contributed by atoms with Crippen molar-refractivity contribution >= 4 is 60.9 Å². The van der Waals surface area contributed by atoms with E-state index >= 15 is 0 Å². The fourth-order valence-electron chi connectivity index (χ4n) is 8.29. The van der Waals surface area contributed by atoms with Crippen LogP contribution in [0.4, 0.5) is 17.1 Å². The van der Waals surface area contributed by atoms with Gasteiger partial charge in [-0.25, -0.2) is 0 Å². The van der Waals surface area contributed by atoms with Gasteiger partial charge in [0.15, 0.2) is 0 Å². The standard InChI is InChI=1S/C54H35NO2/c1-4-12-36(13-5-1)39-20-22-42(23-21-39)52-53-47-18-10-11-19-49(47)56-51(53)35-48-46-33-32-45(34-50(46)57-54(48)52)55(43-28-24-40(25-29-43)37-14-6-2-7-15-37)44-30-26-41(27-31-44)38-16-8-3-9-17-38/h1-35H. The molecule has 0 spiro atoms. The zero-order valence-corrected chi connectivity index (χ0v) is 31.0. The molecule has 57 heavy (non-hydrogen) atoms. The topological polar surface area (TPSA) is 29.5 Å². The SMILES string of the molecule is c1ccc(-c2ccc(-c3c4oc5cc(N(c6ccc(-c7ccccc7)cc6)c6ccc(-c7ccccc7)cc6)ccc5c4cc4oc5ccccc5c34)cc2)cc1. The van der Waals surface area contributed by atoms with E-state index in [0.29, 0.717) is 0 Å². The van der Waals surface area contributed by atoms with E-state index < -0.39 is 0 Å². The molecule has 268 valence electrons. The first-order valence-electron chi connectivity index (χ1n) is 19.3. The summed E-state index contributed by atoms with van der Waals surface area (Å²) in [4.78, 5) is 2.30. The van der Waals surface area contributed by atoms with E-state index in [2.05, 4.69) is 205 Å². The number of para-hydroxylation sites is 1. The third-order valence-electron chi connectivity index (χ3n) is 11.1. The maximum absolute atomic E-state index is 7.03. The summed E-state index contributed by atoms with van der Waals surface area (Å²) >= 11 is 0. The molecule has 0 aliphatic heterocycles. The maximum Gasteiger partial charge on any atom is 0.144 e. The van der Waals surface area contributed by atoms with Gasteiger partial charge in [-0.3, -0.25) is 0 Å². The number of anilines is 3. The molecule has 0 saturated carbocycles. The summed E-state index contributed by atoms with van der Waals surface area (Å²) in [5.74, 6) is 0. The molecule has 11 aromatic rings. The molecule has 3 heteroatoms. The highest BCUT2D eigenvalue weighted by molar-refractivity contribution is 6.23. The Kier molecular flexibility index (Phi) is 7.82. The monoisotopic (exact) mass is 729 g/mol. The van der Waals surface area contributed by atoms with Gasteiger partial charge in [-0.05, 0) is 87.5 Å². The van der Waals surface area contributed by atoms with Crippen LogP contribution in [0.1, 0.15) is 0 Å². The Labute approximate surface area is 330 Å². The van der Waals surface area contributed by atoms with Crippen molar-refractivity contribution in [2.45, 2.75) is 0 Å². The molecule has 2 aromatic heterocycles. The van der Waals surface area contributed by atoms with Crippen molar-refractivity contribution in [2.24, 2.45) is 0 Å². The minimum atomic E-state index is 0.813. The Balaban J connectivity index is 1.08. The highest BCUT2D eigenvalue weighted by Crippen LogP contribution is 2.46. The zero-order chi connectivity index (χ0) is 37.7. The molecule has 0 N–H and O–H groups in total. The van der Waals surface area contributed by atoms with E-state index in [0.717, 1.165) is 72.1 Å². The lowest BCUT2D eigenvalue weighted by Crippen LogP contribution is -2.09. The number of benzene rings is 9. The lowest BCUT2D eigenvalue weighted by molar-refractivity contribution is 0.664. The molecule has 0 amide bonds. The number of rotatable bonds is 7. The number of furan rings is 2. The summed E-state index contributed by atoms with van der Waals surface area (Å²) in [5.41, 5.74) is 15.7. The number of nitrogens with zero attached hydrogens (tertiary/aromatic N) is 1. The summed E-state index contributed by atoms with van der Waals surface area (Å²) in [6.07, 6.45) is 0. The van der Waals surface area contributed by atoms with Gasteiger partial charge in [0.05, 0.1) is 0 Å². The Bertz CT molecular complexity index is 3100. The van der Waals surface area contributed by atoms with Crippen LogP contribution in [-0.4, -0.2) is 0 Å². The summed E-state index contributed by atoms with van der Waals surface area (Å²) < 4.78 is 13.6. The minimum Gasteiger partial charge on any atom is -0.456 e. The largest absolute Gasteiger partial charge is 0.456 e. The molecule has 0 aliphatic carbocycles. The Morgan fingerprint density at radius 1 is 0.281 bits per heavy atom.